The van der Waals surface area contributed by atoms with Gasteiger partial charge in [0.2, 0.25) is 0 Å². The van der Waals surface area contributed by atoms with Crippen molar-refractivity contribution in [2.45, 2.75) is 13.3 Å². The molecule has 0 unspecified atom stereocenters. The fourth-order valence-corrected chi connectivity index (χ4v) is 1.27. The van der Waals surface area contributed by atoms with E-state index in [1.54, 1.807) is 12.1 Å². The normalized spacial score (nSPS) is 9.76. The molecule has 0 aromatic heterocycles. The molecule has 0 aliphatic rings. The van der Waals surface area contributed by atoms with Crippen LogP contribution in [0.15, 0.2) is 24.3 Å². The lowest BCUT2D eigenvalue weighted by atomic mass is 10.3. The topological polar surface area (TPSA) is 76.4 Å². The summed E-state index contributed by atoms with van der Waals surface area (Å²) in [7, 11) is 0. The highest BCUT2D eigenvalue weighted by atomic mass is 16.5. The molecule has 0 aliphatic heterocycles. The van der Waals surface area contributed by atoms with Gasteiger partial charge in [-0.05, 0) is 18.6 Å². The van der Waals surface area contributed by atoms with Gasteiger partial charge < -0.3 is 21.1 Å². The summed E-state index contributed by atoms with van der Waals surface area (Å²) >= 11 is 0. The highest BCUT2D eigenvalue weighted by molar-refractivity contribution is 5.90. The number of benzene rings is 1. The van der Waals surface area contributed by atoms with Crippen molar-refractivity contribution >= 4 is 11.7 Å². The summed E-state index contributed by atoms with van der Waals surface area (Å²) < 4.78 is 5.42. The van der Waals surface area contributed by atoms with Crippen LogP contribution in [0.2, 0.25) is 0 Å². The maximum Gasteiger partial charge on any atom is 0.319 e. The van der Waals surface area contributed by atoms with Crippen LogP contribution in [0.4, 0.5) is 10.5 Å². The van der Waals surface area contributed by atoms with Crippen LogP contribution in [-0.2, 0) is 0 Å². The molecule has 0 fully saturated rings. The minimum atomic E-state index is -0.226. The maximum absolute atomic E-state index is 11.5. The Hall–Kier alpha value is -1.75. The smallest absolute Gasteiger partial charge is 0.319 e. The molecule has 0 heterocycles. The molecular weight excluding hydrogens is 218 g/mol. The van der Waals surface area contributed by atoms with E-state index in [-0.39, 0.29) is 6.03 Å². The Kier molecular flexibility index (Phi) is 5.88. The number of urea groups is 1. The Morgan fingerprint density at radius 1 is 1.41 bits per heavy atom. The molecule has 0 aliphatic carbocycles. The number of hydrogen-bond donors (Lipinski definition) is 3. The number of amides is 2. The number of ether oxygens (including phenoxy) is 1. The lowest BCUT2D eigenvalue weighted by molar-refractivity contribution is 0.252. The van der Waals surface area contributed by atoms with Crippen LogP contribution >= 0.6 is 0 Å². The van der Waals surface area contributed by atoms with E-state index in [0.717, 1.165) is 6.42 Å². The molecule has 94 valence electrons. The third kappa shape index (κ3) is 4.74. The predicted octanol–water partition coefficient (Wildman–Crippen LogP) is 1.56. The lowest BCUT2D eigenvalue weighted by Gasteiger charge is -2.12. The van der Waals surface area contributed by atoms with E-state index in [0.29, 0.717) is 31.1 Å². The van der Waals surface area contributed by atoms with Crippen molar-refractivity contribution in [1.82, 2.24) is 5.32 Å². The predicted molar refractivity (Wildman–Crippen MR) is 68.3 cm³/mol. The van der Waals surface area contributed by atoms with Crippen LogP contribution in [0.25, 0.3) is 0 Å². The summed E-state index contributed by atoms with van der Waals surface area (Å²) in [5.41, 5.74) is 6.02. The van der Waals surface area contributed by atoms with Gasteiger partial charge in [-0.3, -0.25) is 0 Å². The average molecular weight is 237 g/mol. The highest BCUT2D eigenvalue weighted by Crippen LogP contribution is 2.23. The van der Waals surface area contributed by atoms with Gasteiger partial charge >= 0.3 is 6.03 Å². The number of carbonyl (C=O) groups excluding carboxylic acids is 1. The summed E-state index contributed by atoms with van der Waals surface area (Å²) in [6.45, 7) is 3.52. The van der Waals surface area contributed by atoms with Crippen molar-refractivity contribution in [1.29, 1.82) is 0 Å². The molecule has 17 heavy (non-hydrogen) atoms. The third-order valence-electron chi connectivity index (χ3n) is 2.05. The lowest BCUT2D eigenvalue weighted by Crippen LogP contribution is -2.29. The Labute approximate surface area is 101 Å². The molecule has 0 spiro atoms. The minimum absolute atomic E-state index is 0.226. The molecule has 0 atom stereocenters. The van der Waals surface area contributed by atoms with Crippen LogP contribution in [0.5, 0.6) is 5.75 Å². The molecule has 1 aromatic carbocycles. The first-order chi connectivity index (χ1) is 8.27. The summed E-state index contributed by atoms with van der Waals surface area (Å²) in [6.07, 6.45) is 0.902. The molecule has 1 aromatic rings. The number of para-hydroxylation sites is 2. The fourth-order valence-electron chi connectivity index (χ4n) is 1.27. The zero-order valence-corrected chi connectivity index (χ0v) is 10.0. The van der Waals surface area contributed by atoms with E-state index in [1.165, 1.54) is 0 Å². The Morgan fingerprint density at radius 3 is 2.88 bits per heavy atom. The number of nitrogens with one attached hydrogen (secondary N) is 2. The first kappa shape index (κ1) is 13.3. The van der Waals surface area contributed by atoms with Crippen molar-refractivity contribution in [3.63, 3.8) is 0 Å². The number of hydrogen-bond acceptors (Lipinski definition) is 3. The number of anilines is 1. The highest BCUT2D eigenvalue weighted by Gasteiger charge is 2.05. The first-order valence-corrected chi connectivity index (χ1v) is 5.74. The maximum atomic E-state index is 11.5. The van der Waals surface area contributed by atoms with Gasteiger partial charge in [-0.15, -0.1) is 0 Å². The summed E-state index contributed by atoms with van der Waals surface area (Å²) in [6, 6.07) is 7.05. The number of rotatable bonds is 6. The SMILES string of the molecule is CCCNC(=O)Nc1ccccc1OCCN. The monoisotopic (exact) mass is 237 g/mol. The summed E-state index contributed by atoms with van der Waals surface area (Å²) in [5.74, 6) is 0.629. The zero-order valence-electron chi connectivity index (χ0n) is 10.0. The summed E-state index contributed by atoms with van der Waals surface area (Å²) in [4.78, 5) is 11.5. The van der Waals surface area contributed by atoms with E-state index in [4.69, 9.17) is 10.5 Å². The van der Waals surface area contributed by atoms with Gasteiger partial charge in [-0.1, -0.05) is 19.1 Å². The van der Waals surface area contributed by atoms with Gasteiger partial charge in [0.25, 0.3) is 0 Å². The van der Waals surface area contributed by atoms with Gasteiger partial charge in [0.15, 0.2) is 0 Å². The molecule has 0 saturated heterocycles. The van der Waals surface area contributed by atoms with E-state index < -0.39 is 0 Å². The molecule has 0 radical (unpaired) electrons. The van der Waals surface area contributed by atoms with Gasteiger partial charge in [0.1, 0.15) is 12.4 Å². The van der Waals surface area contributed by atoms with Crippen molar-refractivity contribution in [3.8, 4) is 5.75 Å². The van der Waals surface area contributed by atoms with Crippen LogP contribution < -0.4 is 21.1 Å². The molecule has 4 N–H and O–H groups in total. The molecule has 0 bridgehead atoms. The van der Waals surface area contributed by atoms with Crippen LogP contribution in [0, 0.1) is 0 Å². The average Bonchev–Trinajstić information content (AvgIpc) is 2.35. The second kappa shape index (κ2) is 7.51. The third-order valence-corrected chi connectivity index (χ3v) is 2.05. The van der Waals surface area contributed by atoms with E-state index in [2.05, 4.69) is 10.6 Å². The standard InChI is InChI=1S/C12H19N3O2/c1-2-8-14-12(16)15-10-5-3-4-6-11(10)17-9-7-13/h3-6H,2,7-9,13H2,1H3,(H2,14,15,16). The van der Waals surface area contributed by atoms with Crippen molar-refractivity contribution < 1.29 is 9.53 Å². The summed E-state index contributed by atoms with van der Waals surface area (Å²) in [5, 5.41) is 5.47. The second-order valence-corrected chi connectivity index (χ2v) is 3.51. The molecule has 0 saturated carbocycles. The van der Waals surface area contributed by atoms with Crippen molar-refractivity contribution in [3.05, 3.63) is 24.3 Å². The van der Waals surface area contributed by atoms with Gasteiger partial charge in [0.05, 0.1) is 5.69 Å². The molecule has 2 amide bonds. The number of nitrogens with two attached hydrogens (primary N) is 1. The fraction of sp³-hybridized carbons (Fsp3) is 0.417. The molecule has 5 nitrogen and oxygen atoms in total. The molecule has 1 rings (SSSR count). The van der Waals surface area contributed by atoms with Crippen LogP contribution in [0.3, 0.4) is 0 Å². The minimum Gasteiger partial charge on any atom is -0.490 e. The van der Waals surface area contributed by atoms with E-state index >= 15 is 0 Å². The Bertz CT molecular complexity index is 355. The first-order valence-electron chi connectivity index (χ1n) is 5.74. The van der Waals surface area contributed by atoms with Crippen molar-refractivity contribution in [2.24, 2.45) is 5.73 Å². The quantitative estimate of drug-likeness (QED) is 0.702. The number of carbonyl (C=O) groups is 1. The van der Waals surface area contributed by atoms with Crippen LogP contribution in [0.1, 0.15) is 13.3 Å². The Balaban J connectivity index is 2.59. The second-order valence-electron chi connectivity index (χ2n) is 3.51. The van der Waals surface area contributed by atoms with E-state index in [1.807, 2.05) is 19.1 Å². The molecule has 5 heteroatoms. The van der Waals surface area contributed by atoms with Gasteiger partial charge in [-0.25, -0.2) is 4.79 Å². The Morgan fingerprint density at radius 2 is 2.18 bits per heavy atom. The zero-order chi connectivity index (χ0) is 12.5. The largest absolute Gasteiger partial charge is 0.490 e. The van der Waals surface area contributed by atoms with Gasteiger partial charge in [0, 0.05) is 13.1 Å². The van der Waals surface area contributed by atoms with Crippen molar-refractivity contribution in [2.75, 3.05) is 25.0 Å². The van der Waals surface area contributed by atoms with Gasteiger partial charge in [-0.2, -0.15) is 0 Å². The van der Waals surface area contributed by atoms with E-state index in [9.17, 15) is 4.79 Å². The molecular formula is C12H19N3O2. The van der Waals surface area contributed by atoms with Crippen LogP contribution in [-0.4, -0.2) is 25.7 Å².